The number of carbonyl (C=O) groups is 2. The molecule has 1 N–H and O–H groups in total. The molecule has 0 radical (unpaired) electrons. The quantitative estimate of drug-likeness (QED) is 0.873. The van der Waals surface area contributed by atoms with E-state index >= 15 is 0 Å². The maximum absolute atomic E-state index is 12.8. The molecule has 0 aliphatic carbocycles. The molecular weight excluding hydrogens is 351 g/mol. The normalized spacial score (nSPS) is 18.1. The third kappa shape index (κ3) is 4.08. The summed E-state index contributed by atoms with van der Waals surface area (Å²) >= 11 is 5.52. The second kappa shape index (κ2) is 6.84. The molecule has 24 heavy (non-hydrogen) atoms. The summed E-state index contributed by atoms with van der Waals surface area (Å²) < 4.78 is 38.9. The first kappa shape index (κ1) is 18.3. The summed E-state index contributed by atoms with van der Waals surface area (Å²) in [6.45, 7) is 2.03. The number of alkyl halides is 3. The van der Waals surface area contributed by atoms with Crippen molar-refractivity contribution in [1.29, 1.82) is 0 Å². The van der Waals surface area contributed by atoms with Gasteiger partial charge >= 0.3 is 6.18 Å². The lowest BCUT2D eigenvalue weighted by molar-refractivity contribution is -0.138. The zero-order valence-electron chi connectivity index (χ0n) is 12.7. The van der Waals surface area contributed by atoms with Crippen molar-refractivity contribution >= 4 is 23.4 Å². The molecule has 1 aromatic heterocycles. The SMILES string of the molecule is CCN1C[C@H](NC(=O)Cn2cc(C(F)(F)F)cc(Cl)c2=O)CC1=O. The number of aromatic nitrogens is 1. The Morgan fingerprint density at radius 3 is 2.62 bits per heavy atom. The summed E-state index contributed by atoms with van der Waals surface area (Å²) in [4.78, 5) is 36.9. The number of carbonyl (C=O) groups excluding carboxylic acids is 2. The van der Waals surface area contributed by atoms with Gasteiger partial charge in [-0.3, -0.25) is 14.4 Å². The molecule has 2 rings (SSSR count). The molecule has 0 bridgehead atoms. The van der Waals surface area contributed by atoms with Crippen LogP contribution in [0.25, 0.3) is 0 Å². The lowest BCUT2D eigenvalue weighted by atomic mass is 10.2. The van der Waals surface area contributed by atoms with Crippen molar-refractivity contribution in [2.24, 2.45) is 0 Å². The van der Waals surface area contributed by atoms with Gasteiger partial charge in [-0.05, 0) is 13.0 Å². The monoisotopic (exact) mass is 365 g/mol. The summed E-state index contributed by atoms with van der Waals surface area (Å²) in [5, 5.41) is 1.92. The highest BCUT2D eigenvalue weighted by Crippen LogP contribution is 2.29. The van der Waals surface area contributed by atoms with Gasteiger partial charge < -0.3 is 14.8 Å². The van der Waals surface area contributed by atoms with Crippen molar-refractivity contribution in [3.63, 3.8) is 0 Å². The van der Waals surface area contributed by atoms with Crippen LogP contribution >= 0.6 is 11.6 Å². The molecule has 1 aliphatic rings. The van der Waals surface area contributed by atoms with E-state index in [9.17, 15) is 27.6 Å². The highest BCUT2D eigenvalue weighted by atomic mass is 35.5. The highest BCUT2D eigenvalue weighted by molar-refractivity contribution is 6.30. The standard InChI is InChI=1S/C14H15ClF3N3O3/c1-2-20-6-9(4-12(20)23)19-11(22)7-21-5-8(14(16,17)18)3-10(15)13(21)24/h3,5,9H,2,4,6-7H2,1H3,(H,19,22)/t9-/m1/s1. The van der Waals surface area contributed by atoms with Gasteiger partial charge in [0.1, 0.15) is 11.6 Å². The third-order valence-electron chi connectivity index (χ3n) is 3.64. The Bertz CT molecular complexity index is 717. The topological polar surface area (TPSA) is 71.4 Å². The largest absolute Gasteiger partial charge is 0.417 e. The van der Waals surface area contributed by atoms with Crippen LogP contribution in [0.1, 0.15) is 18.9 Å². The van der Waals surface area contributed by atoms with Crippen molar-refractivity contribution in [2.45, 2.75) is 32.1 Å². The summed E-state index contributed by atoms with van der Waals surface area (Å²) in [7, 11) is 0. The van der Waals surface area contributed by atoms with Gasteiger partial charge in [-0.25, -0.2) is 0 Å². The Morgan fingerprint density at radius 1 is 1.42 bits per heavy atom. The average molecular weight is 366 g/mol. The van der Waals surface area contributed by atoms with Crippen molar-refractivity contribution in [1.82, 2.24) is 14.8 Å². The number of nitrogens with zero attached hydrogens (tertiary/aromatic N) is 2. The highest BCUT2D eigenvalue weighted by Gasteiger charge is 2.33. The van der Waals surface area contributed by atoms with E-state index in [1.54, 1.807) is 11.8 Å². The molecule has 1 saturated heterocycles. The van der Waals surface area contributed by atoms with Crippen molar-refractivity contribution in [3.05, 3.63) is 33.2 Å². The van der Waals surface area contributed by atoms with Gasteiger partial charge in [0.15, 0.2) is 0 Å². The minimum atomic E-state index is -4.69. The Morgan fingerprint density at radius 2 is 2.08 bits per heavy atom. The Hall–Kier alpha value is -2.03. The van der Waals surface area contributed by atoms with Crippen LogP contribution in [0.5, 0.6) is 0 Å². The van der Waals surface area contributed by atoms with Gasteiger partial charge in [-0.15, -0.1) is 0 Å². The summed E-state index contributed by atoms with van der Waals surface area (Å²) in [6, 6.07) is 0.0921. The molecule has 0 saturated carbocycles. The molecule has 132 valence electrons. The Labute approximate surface area is 140 Å². The van der Waals surface area contributed by atoms with Crippen LogP contribution in [-0.2, 0) is 22.3 Å². The molecule has 1 fully saturated rings. The first-order valence-corrected chi connectivity index (χ1v) is 7.54. The van der Waals surface area contributed by atoms with Crippen molar-refractivity contribution in [2.75, 3.05) is 13.1 Å². The number of amides is 2. The summed E-state index contributed by atoms with van der Waals surface area (Å²) in [5.74, 6) is -0.773. The number of likely N-dealkylation sites (N-methyl/N-ethyl adjacent to an activating group) is 1. The fourth-order valence-electron chi connectivity index (χ4n) is 2.47. The maximum atomic E-state index is 12.8. The van der Waals surface area contributed by atoms with Crippen LogP contribution in [0.4, 0.5) is 13.2 Å². The molecule has 10 heteroatoms. The van der Waals surface area contributed by atoms with Gasteiger partial charge in [0.05, 0.1) is 11.6 Å². The van der Waals surface area contributed by atoms with E-state index in [-0.39, 0.29) is 12.3 Å². The molecule has 2 amide bonds. The maximum Gasteiger partial charge on any atom is 0.417 e. The van der Waals surface area contributed by atoms with Gasteiger partial charge in [0.2, 0.25) is 11.8 Å². The molecular formula is C14H15ClF3N3O3. The number of rotatable bonds is 4. The van der Waals surface area contributed by atoms with E-state index in [1.165, 1.54) is 0 Å². The Kier molecular flexibility index (Phi) is 5.22. The number of hydrogen-bond donors (Lipinski definition) is 1. The number of nitrogens with one attached hydrogen (secondary N) is 1. The lowest BCUT2D eigenvalue weighted by Crippen LogP contribution is -2.40. The van der Waals surface area contributed by atoms with E-state index in [2.05, 4.69) is 5.32 Å². The van der Waals surface area contributed by atoms with Gasteiger partial charge in [0, 0.05) is 25.7 Å². The molecule has 2 heterocycles. The zero-order valence-corrected chi connectivity index (χ0v) is 13.4. The molecule has 0 aromatic carbocycles. The number of likely N-dealkylation sites (tertiary alicyclic amines) is 1. The fraction of sp³-hybridized carbons (Fsp3) is 0.500. The van der Waals surface area contributed by atoms with E-state index in [1.807, 2.05) is 0 Å². The van der Waals surface area contributed by atoms with Gasteiger partial charge in [0.25, 0.3) is 5.56 Å². The first-order chi connectivity index (χ1) is 11.1. The predicted octanol–water partition coefficient (Wildman–Crippen LogP) is 1.26. The van der Waals surface area contributed by atoms with Crippen LogP contribution < -0.4 is 10.9 Å². The fourth-order valence-corrected chi connectivity index (χ4v) is 2.70. The van der Waals surface area contributed by atoms with Gasteiger partial charge in [-0.1, -0.05) is 11.6 Å². The molecule has 0 spiro atoms. The molecule has 6 nitrogen and oxygen atoms in total. The first-order valence-electron chi connectivity index (χ1n) is 7.16. The van der Waals surface area contributed by atoms with Crippen LogP contribution in [0.2, 0.25) is 5.02 Å². The van der Waals surface area contributed by atoms with Crippen LogP contribution in [0, 0.1) is 0 Å². The van der Waals surface area contributed by atoms with E-state index < -0.39 is 40.8 Å². The van der Waals surface area contributed by atoms with E-state index in [0.717, 1.165) is 0 Å². The smallest absolute Gasteiger partial charge is 0.350 e. The van der Waals surface area contributed by atoms with Crippen molar-refractivity contribution in [3.8, 4) is 0 Å². The lowest BCUT2D eigenvalue weighted by Gasteiger charge is -2.16. The van der Waals surface area contributed by atoms with Crippen LogP contribution in [0.3, 0.4) is 0 Å². The summed E-state index contributed by atoms with van der Waals surface area (Å²) in [6.07, 6.45) is -4.02. The van der Waals surface area contributed by atoms with Crippen LogP contribution in [-0.4, -0.2) is 40.4 Å². The molecule has 1 aromatic rings. The second-order valence-electron chi connectivity index (χ2n) is 5.41. The minimum Gasteiger partial charge on any atom is -0.350 e. The molecule has 1 atom stereocenters. The molecule has 1 aliphatic heterocycles. The van der Waals surface area contributed by atoms with E-state index in [4.69, 9.17) is 11.6 Å². The number of halogens is 4. The predicted molar refractivity (Wildman–Crippen MR) is 79.5 cm³/mol. The third-order valence-corrected chi connectivity index (χ3v) is 3.92. The molecule has 0 unspecified atom stereocenters. The summed E-state index contributed by atoms with van der Waals surface area (Å²) in [5.41, 5.74) is -2.01. The second-order valence-corrected chi connectivity index (χ2v) is 5.82. The van der Waals surface area contributed by atoms with E-state index in [0.29, 0.717) is 29.9 Å². The number of pyridine rings is 1. The number of hydrogen-bond acceptors (Lipinski definition) is 3. The van der Waals surface area contributed by atoms with Crippen molar-refractivity contribution < 1.29 is 22.8 Å². The Balaban J connectivity index is 2.11. The van der Waals surface area contributed by atoms with Gasteiger partial charge in [-0.2, -0.15) is 13.2 Å². The van der Waals surface area contributed by atoms with Crippen LogP contribution in [0.15, 0.2) is 17.1 Å². The minimum absolute atomic E-state index is 0.109. The zero-order chi connectivity index (χ0) is 18.1. The average Bonchev–Trinajstić information content (AvgIpc) is 2.82.